The van der Waals surface area contributed by atoms with E-state index in [4.69, 9.17) is 10.3 Å². The number of hydrogen-bond acceptors (Lipinski definition) is 4. The van der Waals surface area contributed by atoms with Crippen molar-refractivity contribution in [3.8, 4) is 0 Å². The van der Waals surface area contributed by atoms with Crippen molar-refractivity contribution in [3.05, 3.63) is 11.7 Å². The first-order valence-electron chi connectivity index (χ1n) is 5.76. The molecule has 1 aromatic heterocycles. The van der Waals surface area contributed by atoms with Crippen molar-refractivity contribution in [1.82, 2.24) is 10.1 Å². The fraction of sp³-hybridized carbons (Fsp3) is 0.833. The maximum atomic E-state index is 5.90. The first-order chi connectivity index (χ1) is 7.16. The highest BCUT2D eigenvalue weighted by Gasteiger charge is 2.17. The summed E-state index contributed by atoms with van der Waals surface area (Å²) in [4.78, 5) is 4.37. The molecule has 0 bridgehead atoms. The third-order valence-corrected chi connectivity index (χ3v) is 2.18. The van der Waals surface area contributed by atoms with Crippen LogP contribution >= 0.6 is 0 Å². The molecule has 1 aromatic rings. The molecular formula is C12H23N3O. The molecule has 1 rings (SSSR count). The van der Waals surface area contributed by atoms with Crippen LogP contribution in [0.25, 0.3) is 0 Å². The monoisotopic (exact) mass is 225 g/mol. The van der Waals surface area contributed by atoms with Gasteiger partial charge in [0.2, 0.25) is 5.89 Å². The zero-order valence-electron chi connectivity index (χ0n) is 11.0. The highest BCUT2D eigenvalue weighted by atomic mass is 16.5. The predicted molar refractivity (Wildman–Crippen MR) is 64.0 cm³/mol. The van der Waals surface area contributed by atoms with E-state index >= 15 is 0 Å². The van der Waals surface area contributed by atoms with Gasteiger partial charge in [-0.15, -0.1) is 0 Å². The van der Waals surface area contributed by atoms with Crippen LogP contribution in [0, 0.1) is 5.41 Å². The minimum atomic E-state index is -0.182. The minimum Gasteiger partial charge on any atom is -0.339 e. The molecule has 0 atom stereocenters. The summed E-state index contributed by atoms with van der Waals surface area (Å²) in [6.07, 6.45) is 2.44. The number of hydrogen-bond donors (Lipinski definition) is 1. The Morgan fingerprint density at radius 1 is 1.19 bits per heavy atom. The normalized spacial score (nSPS) is 13.1. The van der Waals surface area contributed by atoms with Gasteiger partial charge >= 0.3 is 0 Å². The fourth-order valence-corrected chi connectivity index (χ4v) is 1.37. The zero-order chi connectivity index (χ0) is 12.4. The van der Waals surface area contributed by atoms with Crippen LogP contribution in [0.4, 0.5) is 0 Å². The molecule has 16 heavy (non-hydrogen) atoms. The molecule has 0 amide bonds. The van der Waals surface area contributed by atoms with E-state index in [0.29, 0.717) is 5.89 Å². The van der Waals surface area contributed by atoms with Crippen LogP contribution in [0.3, 0.4) is 0 Å². The number of rotatable bonds is 4. The lowest BCUT2D eigenvalue weighted by atomic mass is 9.92. The standard InChI is InChI=1S/C12H23N3O/c1-11(2,3)8-9-14-10(16-15-9)6-7-12(4,5)13/h6-8,13H2,1-5H3. The molecule has 0 aliphatic heterocycles. The Morgan fingerprint density at radius 3 is 2.31 bits per heavy atom. The topological polar surface area (TPSA) is 64.9 Å². The van der Waals surface area contributed by atoms with Gasteiger partial charge in [0, 0.05) is 18.4 Å². The summed E-state index contributed by atoms with van der Waals surface area (Å²) >= 11 is 0. The largest absolute Gasteiger partial charge is 0.339 e. The van der Waals surface area contributed by atoms with E-state index in [9.17, 15) is 0 Å². The van der Waals surface area contributed by atoms with Crippen molar-refractivity contribution in [2.45, 2.75) is 59.4 Å². The maximum Gasteiger partial charge on any atom is 0.226 e. The number of aromatic nitrogens is 2. The molecule has 2 N–H and O–H groups in total. The zero-order valence-corrected chi connectivity index (χ0v) is 11.0. The van der Waals surface area contributed by atoms with Crippen LogP contribution in [0.1, 0.15) is 52.8 Å². The van der Waals surface area contributed by atoms with Crippen LogP contribution in [0.2, 0.25) is 0 Å². The summed E-state index contributed by atoms with van der Waals surface area (Å²) in [6, 6.07) is 0. The summed E-state index contributed by atoms with van der Waals surface area (Å²) < 4.78 is 5.19. The van der Waals surface area contributed by atoms with Crippen LogP contribution in [0.15, 0.2) is 4.52 Å². The second-order valence-electron chi connectivity index (χ2n) is 6.33. The molecule has 0 saturated carbocycles. The van der Waals surface area contributed by atoms with Crippen molar-refractivity contribution in [3.63, 3.8) is 0 Å². The Balaban J connectivity index is 2.52. The van der Waals surface area contributed by atoms with Crippen molar-refractivity contribution in [1.29, 1.82) is 0 Å². The third-order valence-electron chi connectivity index (χ3n) is 2.18. The lowest BCUT2D eigenvalue weighted by Crippen LogP contribution is -2.32. The van der Waals surface area contributed by atoms with Crippen LogP contribution in [-0.4, -0.2) is 15.7 Å². The molecule has 1 heterocycles. The summed E-state index contributed by atoms with van der Waals surface area (Å²) in [5.74, 6) is 1.48. The molecule has 4 heteroatoms. The van der Waals surface area contributed by atoms with Gasteiger partial charge in [-0.1, -0.05) is 25.9 Å². The van der Waals surface area contributed by atoms with E-state index < -0.39 is 0 Å². The van der Waals surface area contributed by atoms with Gasteiger partial charge in [0.05, 0.1) is 0 Å². The van der Waals surface area contributed by atoms with Gasteiger partial charge in [-0.3, -0.25) is 0 Å². The lowest BCUT2D eigenvalue weighted by Gasteiger charge is -2.16. The molecule has 0 fully saturated rings. The molecule has 0 aliphatic carbocycles. The van der Waals surface area contributed by atoms with Gasteiger partial charge in [0.1, 0.15) is 0 Å². The van der Waals surface area contributed by atoms with E-state index in [-0.39, 0.29) is 11.0 Å². The van der Waals surface area contributed by atoms with Gasteiger partial charge in [-0.05, 0) is 25.7 Å². The Bertz CT molecular complexity index is 331. The highest BCUT2D eigenvalue weighted by molar-refractivity contribution is 4.91. The van der Waals surface area contributed by atoms with Crippen LogP contribution in [-0.2, 0) is 12.8 Å². The van der Waals surface area contributed by atoms with E-state index in [1.54, 1.807) is 0 Å². The Labute approximate surface area is 97.6 Å². The number of aryl methyl sites for hydroxylation is 1. The summed E-state index contributed by atoms with van der Waals surface area (Å²) in [7, 11) is 0. The third kappa shape index (κ3) is 5.26. The van der Waals surface area contributed by atoms with E-state index in [1.165, 1.54) is 0 Å². The summed E-state index contributed by atoms with van der Waals surface area (Å²) in [6.45, 7) is 10.5. The van der Waals surface area contributed by atoms with Crippen molar-refractivity contribution in [2.75, 3.05) is 0 Å². The average Bonchev–Trinajstić information content (AvgIpc) is 2.44. The van der Waals surface area contributed by atoms with Crippen molar-refractivity contribution in [2.24, 2.45) is 11.1 Å². The Morgan fingerprint density at radius 2 is 1.81 bits per heavy atom. The first-order valence-corrected chi connectivity index (χ1v) is 5.76. The second-order valence-corrected chi connectivity index (χ2v) is 6.33. The van der Waals surface area contributed by atoms with Gasteiger partial charge in [0.15, 0.2) is 5.82 Å². The van der Waals surface area contributed by atoms with Gasteiger partial charge in [-0.2, -0.15) is 4.98 Å². The molecule has 0 saturated heterocycles. The Kier molecular flexibility index (Phi) is 3.73. The predicted octanol–water partition coefficient (Wildman–Crippen LogP) is 2.33. The van der Waals surface area contributed by atoms with E-state index in [2.05, 4.69) is 30.9 Å². The van der Waals surface area contributed by atoms with Crippen molar-refractivity contribution < 1.29 is 4.52 Å². The van der Waals surface area contributed by atoms with Gasteiger partial charge < -0.3 is 10.3 Å². The molecule has 4 nitrogen and oxygen atoms in total. The molecule has 92 valence electrons. The molecular weight excluding hydrogens is 202 g/mol. The number of nitrogens with two attached hydrogens (primary N) is 1. The SMILES string of the molecule is CC(C)(C)Cc1noc(CCC(C)(C)N)n1. The minimum absolute atomic E-state index is 0.182. The molecule has 0 radical (unpaired) electrons. The van der Waals surface area contributed by atoms with Gasteiger partial charge in [0.25, 0.3) is 0 Å². The first kappa shape index (κ1) is 13.2. The summed E-state index contributed by atoms with van der Waals surface area (Å²) in [5.41, 5.74) is 5.91. The fourth-order valence-electron chi connectivity index (χ4n) is 1.37. The molecule has 0 aromatic carbocycles. The smallest absolute Gasteiger partial charge is 0.226 e. The molecule has 0 unspecified atom stereocenters. The highest BCUT2D eigenvalue weighted by Crippen LogP contribution is 2.19. The Hall–Kier alpha value is -0.900. The quantitative estimate of drug-likeness (QED) is 0.854. The second kappa shape index (κ2) is 4.53. The van der Waals surface area contributed by atoms with E-state index in [1.807, 2.05) is 13.8 Å². The lowest BCUT2D eigenvalue weighted by molar-refractivity contribution is 0.343. The summed E-state index contributed by atoms with van der Waals surface area (Å²) in [5, 5.41) is 3.98. The molecule has 0 aliphatic rings. The van der Waals surface area contributed by atoms with Gasteiger partial charge in [-0.25, -0.2) is 0 Å². The van der Waals surface area contributed by atoms with Crippen LogP contribution in [0.5, 0.6) is 0 Å². The van der Waals surface area contributed by atoms with E-state index in [0.717, 1.165) is 25.1 Å². The maximum absolute atomic E-state index is 5.90. The van der Waals surface area contributed by atoms with Crippen molar-refractivity contribution >= 4 is 0 Å². The molecule has 0 spiro atoms. The number of nitrogens with zero attached hydrogens (tertiary/aromatic N) is 2. The average molecular weight is 225 g/mol. The van der Waals surface area contributed by atoms with Crippen LogP contribution < -0.4 is 5.73 Å².